The standard InChI is InChI=1S/2C20H15O.C2H6Si.2ClH.Zr/c2*1-14-10-11-20(21-14)17-12-16-8-5-9-18(19(16)13-17)15-6-3-2-4-7-15;1-3-2;;;/h2*2-13H,1H3;1-2H3;2*1H;. The molecule has 240 valence electrons. The smallest absolute Gasteiger partial charge is 0.147 e. The minimum Gasteiger partial charge on any atom is -0.147 e. The molecule has 4 aromatic carbocycles. The molecule has 2 heterocycles. The van der Waals surface area contributed by atoms with Gasteiger partial charge in [0.15, 0.2) is 0 Å². The summed E-state index contributed by atoms with van der Waals surface area (Å²) >= 11 is -2.55. The van der Waals surface area contributed by atoms with Gasteiger partial charge in [0.05, 0.1) is 0 Å². The van der Waals surface area contributed by atoms with Gasteiger partial charge in [-0.2, -0.15) is 0 Å². The molecule has 2 aliphatic carbocycles. The maximum Gasteiger partial charge on any atom is -0.147 e. The first-order chi connectivity index (χ1) is 22.5. The molecule has 0 spiro atoms. The SMILES string of the molecule is Cc1ccc(C2=Cc3c(-c4ccccc4)cccc3[CH]2[Zr]([CH]2C(c3ccc(C)o3)=Cc3c(-c4ccccc4)cccc32)=[Si](C)C)o1.Cl.Cl. The van der Waals surface area contributed by atoms with Crippen molar-refractivity contribution in [2.45, 2.75) is 34.2 Å². The Bertz CT molecular complexity index is 2050. The third-order valence-electron chi connectivity index (χ3n) is 9.54. The molecule has 6 aromatic rings. The van der Waals surface area contributed by atoms with Crippen LogP contribution in [0, 0.1) is 13.8 Å². The molecular weight excluding hydrogens is 727 g/mol. The van der Waals surface area contributed by atoms with Gasteiger partial charge in [0, 0.05) is 0 Å². The maximum atomic E-state index is 6.47. The Balaban J connectivity index is 0.00000201. The van der Waals surface area contributed by atoms with Crippen molar-refractivity contribution in [3.8, 4) is 22.3 Å². The summed E-state index contributed by atoms with van der Waals surface area (Å²) in [5.41, 5.74) is 12.9. The Labute approximate surface area is 303 Å². The summed E-state index contributed by atoms with van der Waals surface area (Å²) in [6.45, 7) is 9.27. The third kappa shape index (κ3) is 6.03. The molecule has 8 rings (SSSR count). The van der Waals surface area contributed by atoms with Crippen LogP contribution in [-0.4, -0.2) is 5.43 Å². The van der Waals surface area contributed by atoms with E-state index in [-0.39, 0.29) is 24.8 Å². The van der Waals surface area contributed by atoms with Crippen molar-refractivity contribution in [2.24, 2.45) is 0 Å². The van der Waals surface area contributed by atoms with E-state index < -0.39 is 25.8 Å². The van der Waals surface area contributed by atoms with Crippen LogP contribution in [0.2, 0.25) is 13.1 Å². The van der Waals surface area contributed by atoms with Crippen molar-refractivity contribution < 1.29 is 29.2 Å². The van der Waals surface area contributed by atoms with E-state index in [1.165, 1.54) is 55.7 Å². The number of rotatable bonds is 6. The molecule has 0 bridgehead atoms. The molecule has 2 atom stereocenters. The molecule has 0 saturated heterocycles. The first kappa shape index (κ1) is 34.5. The first-order valence-corrected chi connectivity index (χ1v) is 25.1. The van der Waals surface area contributed by atoms with E-state index in [4.69, 9.17) is 8.83 Å². The van der Waals surface area contributed by atoms with E-state index in [9.17, 15) is 0 Å². The number of hydrogen-bond donors (Lipinski definition) is 0. The number of halogens is 2. The van der Waals surface area contributed by atoms with Gasteiger partial charge in [-0.25, -0.2) is 0 Å². The summed E-state index contributed by atoms with van der Waals surface area (Å²) in [4.78, 5) is 0. The summed E-state index contributed by atoms with van der Waals surface area (Å²) in [6, 6.07) is 44.3. The zero-order valence-corrected chi connectivity index (χ0v) is 32.6. The molecule has 0 fully saturated rings. The van der Waals surface area contributed by atoms with E-state index in [1.807, 2.05) is 0 Å². The molecule has 2 unspecified atom stereocenters. The van der Waals surface area contributed by atoms with Crippen LogP contribution >= 0.6 is 24.8 Å². The minimum absolute atomic E-state index is 0. The van der Waals surface area contributed by atoms with Crippen molar-refractivity contribution in [3.63, 3.8) is 0 Å². The summed E-state index contributed by atoms with van der Waals surface area (Å²) in [5.74, 6) is 3.97. The molecule has 2 aliphatic rings. The average molecular weight is 765 g/mol. The van der Waals surface area contributed by atoms with Crippen LogP contribution in [-0.2, 0) is 20.4 Å². The fraction of sp³-hybridized carbons (Fsp3) is 0.143. The van der Waals surface area contributed by atoms with Gasteiger partial charge in [-0.15, -0.1) is 24.8 Å². The number of aryl methyl sites for hydroxylation is 2. The van der Waals surface area contributed by atoms with E-state index >= 15 is 0 Å². The predicted octanol–water partition coefficient (Wildman–Crippen LogP) is 12.4. The van der Waals surface area contributed by atoms with Crippen LogP contribution in [0.25, 0.3) is 45.6 Å². The topological polar surface area (TPSA) is 26.3 Å². The van der Waals surface area contributed by atoms with Crippen LogP contribution in [0.1, 0.15) is 52.5 Å². The van der Waals surface area contributed by atoms with Gasteiger partial charge >= 0.3 is 281 Å². The van der Waals surface area contributed by atoms with Crippen LogP contribution in [0.4, 0.5) is 0 Å². The van der Waals surface area contributed by atoms with Crippen LogP contribution in [0.15, 0.2) is 130 Å². The molecule has 2 aromatic heterocycles. The van der Waals surface area contributed by atoms with Gasteiger partial charge in [0.2, 0.25) is 0 Å². The van der Waals surface area contributed by atoms with Crippen molar-refractivity contribution >= 4 is 53.5 Å². The normalized spacial score (nSPS) is 15.8. The van der Waals surface area contributed by atoms with Crippen molar-refractivity contribution in [1.82, 2.24) is 0 Å². The maximum absolute atomic E-state index is 6.47. The summed E-state index contributed by atoms with van der Waals surface area (Å²) in [5, 5.41) is 0. The van der Waals surface area contributed by atoms with Gasteiger partial charge in [-0.3, -0.25) is 0 Å². The second kappa shape index (κ2) is 14.2. The summed E-state index contributed by atoms with van der Waals surface area (Å²) in [7, 11) is 0. The van der Waals surface area contributed by atoms with Gasteiger partial charge in [0.25, 0.3) is 0 Å². The van der Waals surface area contributed by atoms with Crippen molar-refractivity contribution in [2.75, 3.05) is 0 Å². The van der Waals surface area contributed by atoms with E-state index in [2.05, 4.69) is 160 Å². The van der Waals surface area contributed by atoms with E-state index in [1.54, 1.807) is 0 Å². The predicted molar refractivity (Wildman–Crippen MR) is 204 cm³/mol. The largest absolute Gasteiger partial charge is 0.147 e. The van der Waals surface area contributed by atoms with Gasteiger partial charge in [-0.1, -0.05) is 0 Å². The monoisotopic (exact) mass is 762 g/mol. The molecule has 0 radical (unpaired) electrons. The number of furan rings is 2. The fourth-order valence-corrected chi connectivity index (χ4v) is 27.4. The van der Waals surface area contributed by atoms with Gasteiger partial charge in [-0.05, 0) is 0 Å². The Hall–Kier alpha value is -3.40. The second-order valence-corrected chi connectivity index (χ2v) is 30.6. The summed E-state index contributed by atoms with van der Waals surface area (Å²) in [6.07, 6.45) is 4.95. The number of fused-ring (bicyclic) bond motifs is 2. The Morgan fingerprint density at radius 2 is 0.917 bits per heavy atom. The zero-order chi connectivity index (χ0) is 31.4. The molecule has 0 aliphatic heterocycles. The zero-order valence-electron chi connectivity index (χ0n) is 27.5. The average Bonchev–Trinajstić information content (AvgIpc) is 3.87. The van der Waals surface area contributed by atoms with E-state index in [0.717, 1.165) is 23.0 Å². The Kier molecular flexibility index (Phi) is 10.2. The third-order valence-corrected chi connectivity index (χ3v) is 28.7. The molecule has 48 heavy (non-hydrogen) atoms. The molecular formula is C42H38Cl2O2SiZr. The molecule has 0 saturated carbocycles. The first-order valence-electron chi connectivity index (χ1n) is 16.1. The van der Waals surface area contributed by atoms with E-state index in [0.29, 0.717) is 7.25 Å². The number of allylic oxidation sites excluding steroid dienone is 2. The Morgan fingerprint density at radius 1 is 0.500 bits per heavy atom. The summed E-state index contributed by atoms with van der Waals surface area (Å²) < 4.78 is 13.7. The van der Waals surface area contributed by atoms with Crippen molar-refractivity contribution in [1.29, 1.82) is 0 Å². The molecule has 0 N–H and O–H groups in total. The fourth-order valence-electron chi connectivity index (χ4n) is 7.56. The number of hydrogen-bond acceptors (Lipinski definition) is 2. The van der Waals surface area contributed by atoms with Crippen LogP contribution < -0.4 is 0 Å². The quantitative estimate of drug-likeness (QED) is 0.158. The molecule has 2 nitrogen and oxygen atoms in total. The number of benzene rings is 4. The molecule has 6 heteroatoms. The minimum atomic E-state index is -2.55. The van der Waals surface area contributed by atoms with Gasteiger partial charge < -0.3 is 0 Å². The van der Waals surface area contributed by atoms with Crippen molar-refractivity contribution in [3.05, 3.63) is 167 Å². The van der Waals surface area contributed by atoms with Crippen LogP contribution in [0.5, 0.6) is 0 Å². The van der Waals surface area contributed by atoms with Crippen LogP contribution in [0.3, 0.4) is 0 Å². The Morgan fingerprint density at radius 3 is 1.27 bits per heavy atom. The second-order valence-electron chi connectivity index (χ2n) is 12.7. The van der Waals surface area contributed by atoms with Gasteiger partial charge in [0.1, 0.15) is 0 Å². The molecule has 0 amide bonds.